The molecule has 0 amide bonds. The van der Waals surface area contributed by atoms with Gasteiger partial charge < -0.3 is 20.7 Å². The molecule has 2 bridgehead atoms. The van der Waals surface area contributed by atoms with Crippen LogP contribution in [0.1, 0.15) is 43.2 Å². The fraction of sp³-hybridized carbons (Fsp3) is 0.516. The van der Waals surface area contributed by atoms with Crippen LogP contribution >= 0.6 is 0 Å². The molecule has 0 spiro atoms. The molecule has 0 aliphatic carbocycles. The number of nitrogens with zero attached hydrogens (tertiary/aromatic N) is 5. The highest BCUT2D eigenvalue weighted by atomic mass is 19.4. The van der Waals surface area contributed by atoms with Crippen LogP contribution in [0.4, 0.5) is 46.8 Å². The number of halogens is 8. The first-order valence-electron chi connectivity index (χ1n) is 15.3. The number of piperazine rings is 1. The molecular formula is C31H31F8N7O. The Morgan fingerprint density at radius 3 is 2.68 bits per heavy atom. The van der Waals surface area contributed by atoms with E-state index in [-0.39, 0.29) is 67.3 Å². The zero-order valence-electron chi connectivity index (χ0n) is 25.2. The third kappa shape index (κ3) is 5.52. The summed E-state index contributed by atoms with van der Waals surface area (Å²) in [6, 6.07) is 1.14. The van der Waals surface area contributed by atoms with Crippen LogP contribution in [0.3, 0.4) is 0 Å². The van der Waals surface area contributed by atoms with Gasteiger partial charge in [0, 0.05) is 43.6 Å². The zero-order valence-corrected chi connectivity index (χ0v) is 25.2. The van der Waals surface area contributed by atoms with Gasteiger partial charge in [0.2, 0.25) is 0 Å². The number of aryl methyl sites for hydroxylation is 1. The Hall–Kier alpha value is -3.79. The van der Waals surface area contributed by atoms with Gasteiger partial charge in [0.25, 0.3) is 6.08 Å². The summed E-state index contributed by atoms with van der Waals surface area (Å²) >= 11 is 0. The van der Waals surface area contributed by atoms with Crippen LogP contribution in [0.2, 0.25) is 0 Å². The molecule has 4 aliphatic heterocycles. The Morgan fingerprint density at radius 2 is 1.94 bits per heavy atom. The highest BCUT2D eigenvalue weighted by Crippen LogP contribution is 2.45. The summed E-state index contributed by atoms with van der Waals surface area (Å²) < 4.78 is 123. The minimum atomic E-state index is -5.03. The number of nitrogens with two attached hydrogens (primary N) is 1. The van der Waals surface area contributed by atoms with E-state index in [2.05, 4.69) is 20.3 Å². The first-order valence-corrected chi connectivity index (χ1v) is 15.3. The Kier molecular flexibility index (Phi) is 7.54. The molecule has 4 aliphatic rings. The molecule has 47 heavy (non-hydrogen) atoms. The molecule has 4 saturated heterocycles. The fourth-order valence-corrected chi connectivity index (χ4v) is 8.01. The number of aromatic nitrogens is 3. The summed E-state index contributed by atoms with van der Waals surface area (Å²) in [5.41, 5.74) is -0.503. The fourth-order valence-electron chi connectivity index (χ4n) is 8.01. The summed E-state index contributed by atoms with van der Waals surface area (Å²) in [6.45, 7) is 2.14. The van der Waals surface area contributed by atoms with Gasteiger partial charge in [-0.2, -0.15) is 31.9 Å². The minimum Gasteiger partial charge on any atom is -0.461 e. The normalized spacial score (nSPS) is 27.5. The molecule has 0 radical (unpaired) electrons. The Labute approximate surface area is 264 Å². The number of pyridine rings is 1. The number of alkyl halides is 4. The lowest BCUT2D eigenvalue weighted by Gasteiger charge is -2.40. The Balaban J connectivity index is 1.39. The highest BCUT2D eigenvalue weighted by Gasteiger charge is 2.50. The molecule has 2 aromatic heterocycles. The summed E-state index contributed by atoms with van der Waals surface area (Å²) in [7, 11) is 0. The van der Waals surface area contributed by atoms with Gasteiger partial charge in [-0.25, -0.2) is 18.2 Å². The van der Waals surface area contributed by atoms with Gasteiger partial charge in [0.1, 0.15) is 35.7 Å². The van der Waals surface area contributed by atoms with E-state index >= 15 is 8.78 Å². The highest BCUT2D eigenvalue weighted by molar-refractivity contribution is 5.94. The van der Waals surface area contributed by atoms with Gasteiger partial charge in [-0.05, 0) is 56.8 Å². The molecule has 0 saturated carbocycles. The lowest BCUT2D eigenvalue weighted by Crippen LogP contribution is -2.59. The van der Waals surface area contributed by atoms with Crippen LogP contribution in [0.15, 0.2) is 24.3 Å². The zero-order chi connectivity index (χ0) is 33.5. The van der Waals surface area contributed by atoms with E-state index in [0.29, 0.717) is 25.8 Å². The van der Waals surface area contributed by atoms with Gasteiger partial charge in [0.05, 0.1) is 27.9 Å². The van der Waals surface area contributed by atoms with Crippen molar-refractivity contribution in [2.24, 2.45) is 0 Å². The number of hydrogen-bond donors (Lipinski definition) is 2. The van der Waals surface area contributed by atoms with E-state index in [4.69, 9.17) is 10.5 Å². The maximum Gasteiger partial charge on any atom is 0.418 e. The first kappa shape index (κ1) is 31.8. The quantitative estimate of drug-likeness (QED) is 0.313. The molecule has 1 aromatic carbocycles. The molecular weight excluding hydrogens is 638 g/mol. The van der Waals surface area contributed by atoms with Crippen LogP contribution in [0.5, 0.6) is 6.01 Å². The van der Waals surface area contributed by atoms with Gasteiger partial charge in [-0.3, -0.25) is 4.90 Å². The second kappa shape index (κ2) is 11.1. The van der Waals surface area contributed by atoms with Crippen molar-refractivity contribution >= 4 is 22.5 Å². The molecule has 6 heterocycles. The van der Waals surface area contributed by atoms with Crippen LogP contribution in [0, 0.1) is 18.6 Å². The van der Waals surface area contributed by atoms with Crippen molar-refractivity contribution in [3.8, 4) is 17.3 Å². The van der Waals surface area contributed by atoms with Crippen LogP contribution in [-0.4, -0.2) is 75.9 Å². The maximum absolute atomic E-state index is 16.6. The summed E-state index contributed by atoms with van der Waals surface area (Å²) in [5, 5.41) is 2.99. The molecule has 0 unspecified atom stereocenters. The van der Waals surface area contributed by atoms with Crippen molar-refractivity contribution in [1.29, 1.82) is 0 Å². The molecule has 3 aromatic rings. The summed E-state index contributed by atoms with van der Waals surface area (Å²) in [5.74, 6) is -3.25. The number of ether oxygens (including phenoxy) is 1. The second-order valence-corrected chi connectivity index (χ2v) is 13.1. The van der Waals surface area contributed by atoms with E-state index in [0.717, 1.165) is 31.6 Å². The number of hydrogen-bond acceptors (Lipinski definition) is 8. The second-order valence-electron chi connectivity index (χ2n) is 13.1. The summed E-state index contributed by atoms with van der Waals surface area (Å²) in [6.07, 6.45) is -4.61. The summed E-state index contributed by atoms with van der Waals surface area (Å²) in [4.78, 5) is 16.0. The van der Waals surface area contributed by atoms with Gasteiger partial charge in [0.15, 0.2) is 5.82 Å². The first-order chi connectivity index (χ1) is 22.2. The maximum atomic E-state index is 16.6. The van der Waals surface area contributed by atoms with Crippen LogP contribution < -0.4 is 20.7 Å². The van der Waals surface area contributed by atoms with Crippen molar-refractivity contribution in [2.75, 3.05) is 43.4 Å². The number of fused-ring (bicyclic) bond motifs is 4. The van der Waals surface area contributed by atoms with E-state index in [1.165, 1.54) is 0 Å². The topological polar surface area (TPSA) is 92.4 Å². The van der Waals surface area contributed by atoms with Crippen molar-refractivity contribution in [2.45, 2.75) is 68.5 Å². The van der Waals surface area contributed by atoms with Crippen LogP contribution in [0.25, 0.3) is 22.2 Å². The van der Waals surface area contributed by atoms with E-state index in [9.17, 15) is 26.3 Å². The number of anilines is 2. The lowest BCUT2D eigenvalue weighted by atomic mass is 9.95. The number of rotatable bonds is 6. The monoisotopic (exact) mass is 669 g/mol. The number of nitrogens with one attached hydrogen (secondary N) is 1. The predicted octanol–water partition coefficient (Wildman–Crippen LogP) is 5.93. The molecule has 252 valence electrons. The average Bonchev–Trinajstić information content (AvgIpc) is 3.58. The van der Waals surface area contributed by atoms with Crippen molar-refractivity contribution in [1.82, 2.24) is 25.2 Å². The van der Waals surface area contributed by atoms with E-state index < -0.39 is 63.5 Å². The van der Waals surface area contributed by atoms with Crippen LogP contribution in [-0.2, 0) is 6.18 Å². The Bertz CT molecular complexity index is 1780. The van der Waals surface area contributed by atoms with Crippen molar-refractivity contribution in [3.63, 3.8) is 0 Å². The third-order valence-corrected chi connectivity index (χ3v) is 9.86. The molecule has 8 nitrogen and oxygen atoms in total. The predicted molar refractivity (Wildman–Crippen MR) is 157 cm³/mol. The number of benzene rings is 1. The van der Waals surface area contributed by atoms with Gasteiger partial charge >= 0.3 is 12.2 Å². The third-order valence-electron chi connectivity index (χ3n) is 9.86. The van der Waals surface area contributed by atoms with E-state index in [1.54, 1.807) is 4.90 Å². The smallest absolute Gasteiger partial charge is 0.418 e. The molecule has 16 heteroatoms. The molecule has 4 atom stereocenters. The standard InChI is InChI=1S/C31H31F8N7O/c1-15-7-21(40)41-26(23(15)31(37,38)39)22-19(33)8-18-25(24(22)36)42-28(47-14-30-4-2-6-46(30)11-16(32)9-30)43-27(18)45-12-17-3-5-29(13-45,44-17)10-20(34)35/h7-8,10,16-17,44H,2-6,9,11-14H2,1H3,(H2,40,41)/t16-,17+,29+,30+/m1/s1. The van der Waals surface area contributed by atoms with Crippen molar-refractivity contribution in [3.05, 3.63) is 47.1 Å². The average molecular weight is 670 g/mol. The molecule has 7 rings (SSSR count). The lowest BCUT2D eigenvalue weighted by molar-refractivity contribution is -0.137. The Morgan fingerprint density at radius 1 is 1.15 bits per heavy atom. The van der Waals surface area contributed by atoms with E-state index in [1.807, 2.05) is 4.90 Å². The molecule has 4 fully saturated rings. The molecule has 3 N–H and O–H groups in total. The van der Waals surface area contributed by atoms with Gasteiger partial charge in [-0.15, -0.1) is 0 Å². The number of nitrogen functional groups attached to an aromatic ring is 1. The largest absolute Gasteiger partial charge is 0.461 e. The SMILES string of the molecule is Cc1cc(N)nc(-c2c(F)cc3c(N4C[C@@H]5CC[C@](C=C(F)F)(C4)N5)nc(OC[C@@]45CCCN4C[C@H](F)C5)nc3c2F)c1C(F)(F)F. The van der Waals surface area contributed by atoms with Gasteiger partial charge in [-0.1, -0.05) is 0 Å². The van der Waals surface area contributed by atoms with Crippen molar-refractivity contribution < 1.29 is 39.9 Å². The minimum absolute atomic E-state index is 0.0388.